The van der Waals surface area contributed by atoms with Crippen LogP contribution < -0.4 is 11.1 Å². The number of nitrogen functional groups attached to an aromatic ring is 1. The number of carbonyl (C=O) groups excluding carboxylic acids is 1. The van der Waals surface area contributed by atoms with Crippen molar-refractivity contribution in [2.75, 3.05) is 11.1 Å². The van der Waals surface area contributed by atoms with E-state index in [2.05, 4.69) is 25.5 Å². The van der Waals surface area contributed by atoms with Gasteiger partial charge in [-0.1, -0.05) is 0 Å². The summed E-state index contributed by atoms with van der Waals surface area (Å²) in [6.45, 7) is 0. The highest BCUT2D eigenvalue weighted by molar-refractivity contribution is 6.05. The second-order valence-corrected chi connectivity index (χ2v) is 4.07. The zero-order valence-corrected chi connectivity index (χ0v) is 10.7. The summed E-state index contributed by atoms with van der Waals surface area (Å²) in [7, 11) is 0. The van der Waals surface area contributed by atoms with Gasteiger partial charge in [0.15, 0.2) is 11.5 Å². The van der Waals surface area contributed by atoms with Crippen molar-refractivity contribution in [3.63, 3.8) is 0 Å². The van der Waals surface area contributed by atoms with Crippen LogP contribution in [0.1, 0.15) is 10.5 Å². The van der Waals surface area contributed by atoms with Crippen molar-refractivity contribution in [2.45, 2.75) is 0 Å². The van der Waals surface area contributed by atoms with Gasteiger partial charge in [0.05, 0.1) is 0 Å². The number of aromatic nitrogens is 4. The Morgan fingerprint density at radius 2 is 1.90 bits per heavy atom. The molecule has 0 saturated carbocycles. The number of nitrogens with zero attached hydrogens (tertiary/aromatic N) is 4. The maximum absolute atomic E-state index is 12.0. The molecule has 0 aliphatic rings. The number of amides is 1. The normalized spacial score (nSPS) is 10.3. The molecule has 8 nitrogen and oxygen atoms in total. The van der Waals surface area contributed by atoms with Crippen LogP contribution in [0.25, 0.3) is 11.5 Å². The predicted octanol–water partition coefficient (Wildman–Crippen LogP) is 1.36. The molecule has 3 N–H and O–H groups in total. The first-order valence-corrected chi connectivity index (χ1v) is 5.98. The van der Waals surface area contributed by atoms with Crippen molar-refractivity contribution in [3.05, 3.63) is 48.7 Å². The van der Waals surface area contributed by atoms with E-state index in [1.54, 1.807) is 24.3 Å². The lowest BCUT2D eigenvalue weighted by Gasteiger charge is -2.06. The van der Waals surface area contributed by atoms with E-state index in [-0.39, 0.29) is 11.5 Å². The van der Waals surface area contributed by atoms with Crippen LogP contribution in [0.2, 0.25) is 0 Å². The maximum atomic E-state index is 12.0. The third-order valence-corrected chi connectivity index (χ3v) is 2.69. The molecule has 1 aromatic carbocycles. The van der Waals surface area contributed by atoms with Gasteiger partial charge in [-0.05, 0) is 24.3 Å². The van der Waals surface area contributed by atoms with E-state index in [0.717, 1.165) is 5.56 Å². The highest BCUT2D eigenvalue weighted by Crippen LogP contribution is 2.19. The Balaban J connectivity index is 1.77. The van der Waals surface area contributed by atoms with Gasteiger partial charge in [-0.3, -0.25) is 4.79 Å². The lowest BCUT2D eigenvalue weighted by molar-refractivity contribution is 0.102. The van der Waals surface area contributed by atoms with Crippen LogP contribution in [-0.4, -0.2) is 26.1 Å². The first-order chi connectivity index (χ1) is 10.2. The average molecular weight is 282 g/mol. The summed E-state index contributed by atoms with van der Waals surface area (Å²) in [6, 6.07) is 6.93. The molecule has 2 aromatic heterocycles. The van der Waals surface area contributed by atoms with Crippen molar-refractivity contribution in [1.82, 2.24) is 20.2 Å². The molecule has 8 heteroatoms. The van der Waals surface area contributed by atoms with Crippen LogP contribution in [-0.2, 0) is 0 Å². The molecular weight excluding hydrogens is 272 g/mol. The summed E-state index contributed by atoms with van der Waals surface area (Å²) >= 11 is 0. The summed E-state index contributed by atoms with van der Waals surface area (Å²) < 4.78 is 5.08. The second-order valence-electron chi connectivity index (χ2n) is 4.07. The molecule has 0 aliphatic heterocycles. The summed E-state index contributed by atoms with van der Waals surface area (Å²) in [5, 5.41) is 10.1. The molecule has 3 rings (SSSR count). The van der Waals surface area contributed by atoms with Gasteiger partial charge in [-0.2, -0.15) is 0 Å². The minimum atomic E-state index is -0.425. The van der Waals surface area contributed by atoms with Crippen molar-refractivity contribution < 1.29 is 9.21 Å². The molecule has 0 unspecified atom stereocenters. The lowest BCUT2D eigenvalue weighted by atomic mass is 10.2. The highest BCUT2D eigenvalue weighted by Gasteiger charge is 2.12. The fourth-order valence-electron chi connectivity index (χ4n) is 1.71. The molecule has 2 heterocycles. The summed E-state index contributed by atoms with van der Waals surface area (Å²) in [4.78, 5) is 19.7. The van der Waals surface area contributed by atoms with Gasteiger partial charge in [0, 0.05) is 23.6 Å². The van der Waals surface area contributed by atoms with Crippen LogP contribution in [0.3, 0.4) is 0 Å². The third-order valence-electron chi connectivity index (χ3n) is 2.69. The van der Waals surface area contributed by atoms with E-state index >= 15 is 0 Å². The van der Waals surface area contributed by atoms with Crippen LogP contribution in [0.4, 0.5) is 11.5 Å². The molecule has 104 valence electrons. The average Bonchev–Trinajstić information content (AvgIpc) is 3.02. The molecule has 0 atom stereocenters. The van der Waals surface area contributed by atoms with E-state index in [1.807, 2.05) is 0 Å². The van der Waals surface area contributed by atoms with Crippen LogP contribution in [0.15, 0.2) is 47.5 Å². The number of carbonyl (C=O) groups is 1. The summed E-state index contributed by atoms with van der Waals surface area (Å²) in [5.41, 5.74) is 7.03. The highest BCUT2D eigenvalue weighted by atomic mass is 16.4. The smallest absolute Gasteiger partial charge is 0.278 e. The van der Waals surface area contributed by atoms with E-state index in [0.29, 0.717) is 11.6 Å². The minimum Gasteiger partial charge on any atom is -0.423 e. The number of hydrogen-bond acceptors (Lipinski definition) is 7. The minimum absolute atomic E-state index is 0.0810. The predicted molar refractivity (Wildman–Crippen MR) is 74.1 cm³/mol. The monoisotopic (exact) mass is 282 g/mol. The van der Waals surface area contributed by atoms with Gasteiger partial charge in [0.2, 0.25) is 12.3 Å². The van der Waals surface area contributed by atoms with Gasteiger partial charge in [-0.25, -0.2) is 9.97 Å². The summed E-state index contributed by atoms with van der Waals surface area (Å²) in [6.07, 6.45) is 4.08. The number of benzene rings is 1. The molecule has 21 heavy (non-hydrogen) atoms. The molecule has 0 spiro atoms. The zero-order valence-electron chi connectivity index (χ0n) is 10.7. The van der Waals surface area contributed by atoms with Crippen molar-refractivity contribution >= 4 is 17.4 Å². The number of nitrogens with two attached hydrogens (primary N) is 1. The van der Waals surface area contributed by atoms with E-state index < -0.39 is 5.91 Å². The molecule has 0 bridgehead atoms. The Hall–Kier alpha value is -3.29. The van der Waals surface area contributed by atoms with Crippen molar-refractivity contribution in [1.29, 1.82) is 0 Å². The van der Waals surface area contributed by atoms with Crippen molar-refractivity contribution in [3.8, 4) is 11.5 Å². The Morgan fingerprint density at radius 3 is 2.57 bits per heavy atom. The number of hydrogen-bond donors (Lipinski definition) is 2. The molecule has 3 aromatic rings. The number of anilines is 2. The van der Waals surface area contributed by atoms with E-state index in [9.17, 15) is 4.79 Å². The van der Waals surface area contributed by atoms with Crippen LogP contribution >= 0.6 is 0 Å². The fraction of sp³-hybridized carbons (Fsp3) is 0. The lowest BCUT2D eigenvalue weighted by Crippen LogP contribution is -2.16. The molecule has 0 radical (unpaired) electrons. The topological polar surface area (TPSA) is 120 Å². The molecule has 0 fully saturated rings. The molecule has 0 saturated heterocycles. The number of nitrogens with one attached hydrogen (secondary N) is 1. The quantitative estimate of drug-likeness (QED) is 0.744. The van der Waals surface area contributed by atoms with Gasteiger partial charge in [-0.15, -0.1) is 10.2 Å². The Labute approximate surface area is 119 Å². The van der Waals surface area contributed by atoms with Crippen molar-refractivity contribution in [2.24, 2.45) is 0 Å². The summed E-state index contributed by atoms with van der Waals surface area (Å²) in [5.74, 6) is 0.0645. The standard InChI is InChI=1S/C13H10N6O2/c14-11-10(15-5-6-16-11)12(20)18-9-3-1-8(2-4-9)13-19-17-7-21-13/h1-7H,(H2,14,16)(H,18,20). The number of rotatable bonds is 3. The van der Waals surface area contributed by atoms with Gasteiger partial charge >= 0.3 is 0 Å². The SMILES string of the molecule is Nc1nccnc1C(=O)Nc1ccc(-c2nnco2)cc1. The molecule has 1 amide bonds. The zero-order chi connectivity index (χ0) is 14.7. The van der Waals surface area contributed by atoms with Gasteiger partial charge < -0.3 is 15.5 Å². The first kappa shape index (κ1) is 12.7. The Kier molecular flexibility index (Phi) is 3.26. The van der Waals surface area contributed by atoms with Crippen LogP contribution in [0.5, 0.6) is 0 Å². The molecule has 0 aliphatic carbocycles. The third kappa shape index (κ3) is 2.68. The second kappa shape index (κ2) is 5.37. The first-order valence-electron chi connectivity index (χ1n) is 5.98. The van der Waals surface area contributed by atoms with E-state index in [4.69, 9.17) is 10.2 Å². The largest absolute Gasteiger partial charge is 0.423 e. The Bertz CT molecular complexity index is 755. The van der Waals surface area contributed by atoms with Gasteiger partial charge in [0.1, 0.15) is 0 Å². The Morgan fingerprint density at radius 1 is 1.14 bits per heavy atom. The van der Waals surface area contributed by atoms with Gasteiger partial charge in [0.25, 0.3) is 5.91 Å². The fourth-order valence-corrected chi connectivity index (χ4v) is 1.71. The van der Waals surface area contributed by atoms with E-state index in [1.165, 1.54) is 18.8 Å². The molecular formula is C13H10N6O2. The maximum Gasteiger partial charge on any atom is 0.278 e. The van der Waals surface area contributed by atoms with Crippen LogP contribution in [0, 0.1) is 0 Å².